The molecule has 23 heavy (non-hydrogen) atoms. The summed E-state index contributed by atoms with van der Waals surface area (Å²) in [6, 6.07) is 4.35. The summed E-state index contributed by atoms with van der Waals surface area (Å²) >= 11 is 3.24. The first-order valence-corrected chi connectivity index (χ1v) is 8.53. The van der Waals surface area contributed by atoms with Crippen molar-refractivity contribution in [3.8, 4) is 0 Å². The highest BCUT2D eigenvalue weighted by atomic mass is 79.9. The third kappa shape index (κ3) is 5.93. The van der Waals surface area contributed by atoms with Crippen molar-refractivity contribution < 1.29 is 13.2 Å². The van der Waals surface area contributed by atoms with Crippen LogP contribution in [0.4, 0.5) is 13.2 Å². The highest BCUT2D eigenvalue weighted by molar-refractivity contribution is 9.10. The van der Waals surface area contributed by atoms with Gasteiger partial charge in [0, 0.05) is 36.7 Å². The van der Waals surface area contributed by atoms with E-state index in [1.54, 1.807) is 0 Å². The lowest BCUT2D eigenvalue weighted by Crippen LogP contribution is -2.45. The number of nitrogens with one attached hydrogen (secondary N) is 1. The maximum atomic E-state index is 13.1. The van der Waals surface area contributed by atoms with E-state index in [4.69, 9.17) is 0 Å². The van der Waals surface area contributed by atoms with Crippen LogP contribution in [0.2, 0.25) is 0 Å². The molecule has 1 atom stereocenters. The fraction of sp³-hybridized carbons (Fsp3) is 0.625. The van der Waals surface area contributed by atoms with E-state index in [0.29, 0.717) is 4.47 Å². The molecule has 0 bridgehead atoms. The molecule has 0 aromatic heterocycles. The molecule has 0 saturated carbocycles. The van der Waals surface area contributed by atoms with Crippen molar-refractivity contribution >= 4 is 28.3 Å². The number of halogens is 5. The lowest BCUT2D eigenvalue weighted by atomic mass is 9.97. The largest absolute Gasteiger partial charge is 0.416 e. The van der Waals surface area contributed by atoms with E-state index >= 15 is 0 Å². The van der Waals surface area contributed by atoms with Crippen molar-refractivity contribution in [2.45, 2.75) is 38.4 Å². The Morgan fingerprint density at radius 1 is 1.22 bits per heavy atom. The number of alkyl halides is 3. The van der Waals surface area contributed by atoms with Crippen LogP contribution >= 0.6 is 28.3 Å². The van der Waals surface area contributed by atoms with Gasteiger partial charge in [0.25, 0.3) is 0 Å². The van der Waals surface area contributed by atoms with Crippen molar-refractivity contribution in [1.29, 1.82) is 0 Å². The smallest absolute Gasteiger partial charge is 0.314 e. The number of nitrogens with zero attached hydrogens (tertiary/aromatic N) is 1. The summed E-state index contributed by atoms with van der Waals surface area (Å²) in [6.07, 6.45) is -1.35. The van der Waals surface area contributed by atoms with Gasteiger partial charge in [0.2, 0.25) is 0 Å². The standard InChI is InChI=1S/C16H22BrF3N2.ClH/c1-2-3-4-15(22-7-5-21-6-8-22)12-9-13(16(18,19)20)11-14(17)10-12;/h9-11,15,21H,2-8H2,1H3;1H/t15-;/m1./s1. The van der Waals surface area contributed by atoms with Crippen LogP contribution in [0, 0.1) is 0 Å². The van der Waals surface area contributed by atoms with Gasteiger partial charge in [-0.05, 0) is 30.2 Å². The Kier molecular flexibility index (Phi) is 8.35. The minimum Gasteiger partial charge on any atom is -0.314 e. The van der Waals surface area contributed by atoms with Crippen LogP contribution in [0.5, 0.6) is 0 Å². The van der Waals surface area contributed by atoms with Crippen LogP contribution in [0.25, 0.3) is 0 Å². The molecule has 0 amide bonds. The van der Waals surface area contributed by atoms with Gasteiger partial charge >= 0.3 is 6.18 Å². The van der Waals surface area contributed by atoms with Crippen LogP contribution in [-0.2, 0) is 6.18 Å². The van der Waals surface area contributed by atoms with Crippen LogP contribution in [-0.4, -0.2) is 31.1 Å². The molecule has 132 valence electrons. The van der Waals surface area contributed by atoms with Gasteiger partial charge in [-0.2, -0.15) is 13.2 Å². The van der Waals surface area contributed by atoms with Gasteiger partial charge in [-0.25, -0.2) is 0 Å². The van der Waals surface area contributed by atoms with E-state index in [1.165, 1.54) is 6.07 Å². The Morgan fingerprint density at radius 2 is 1.87 bits per heavy atom. The summed E-state index contributed by atoms with van der Waals surface area (Å²) < 4.78 is 39.7. The number of rotatable bonds is 5. The van der Waals surface area contributed by atoms with E-state index in [1.807, 2.05) is 6.07 Å². The summed E-state index contributed by atoms with van der Waals surface area (Å²) in [6.45, 7) is 5.65. The fourth-order valence-corrected chi connectivity index (χ4v) is 3.43. The molecule has 1 heterocycles. The van der Waals surface area contributed by atoms with E-state index in [-0.39, 0.29) is 18.4 Å². The SMILES string of the molecule is CCCC[C@H](c1cc(Br)cc(C(F)(F)F)c1)N1CCNCC1.Cl. The lowest BCUT2D eigenvalue weighted by Gasteiger charge is -2.35. The molecule has 1 aliphatic heterocycles. The first-order chi connectivity index (χ1) is 10.4. The normalized spacial score (nSPS) is 17.6. The number of hydrogen-bond donors (Lipinski definition) is 1. The molecule has 0 unspecified atom stereocenters. The summed E-state index contributed by atoms with van der Waals surface area (Å²) in [5, 5.41) is 3.29. The average Bonchev–Trinajstić information content (AvgIpc) is 2.47. The number of piperazine rings is 1. The minimum absolute atomic E-state index is 0. The molecule has 0 aliphatic carbocycles. The average molecular weight is 416 g/mol. The van der Waals surface area contributed by atoms with Crippen LogP contribution in [0.3, 0.4) is 0 Å². The second-order valence-corrected chi connectivity index (χ2v) is 6.63. The third-order valence-corrected chi connectivity index (χ3v) is 4.51. The molecule has 1 saturated heterocycles. The van der Waals surface area contributed by atoms with E-state index < -0.39 is 11.7 Å². The molecule has 1 aliphatic rings. The summed E-state index contributed by atoms with van der Waals surface area (Å²) in [5.41, 5.74) is 0.186. The Hall–Kier alpha value is -0.300. The number of hydrogen-bond acceptors (Lipinski definition) is 2. The quantitative estimate of drug-likeness (QED) is 0.726. The maximum absolute atomic E-state index is 13.1. The molecule has 1 fully saturated rings. The first kappa shape index (κ1) is 20.7. The highest BCUT2D eigenvalue weighted by Crippen LogP contribution is 2.36. The monoisotopic (exact) mass is 414 g/mol. The van der Waals surface area contributed by atoms with Crippen LogP contribution in [0.15, 0.2) is 22.7 Å². The predicted octanol–water partition coefficient (Wildman–Crippen LogP) is 5.03. The Labute approximate surface area is 150 Å². The fourth-order valence-electron chi connectivity index (χ4n) is 2.92. The number of unbranched alkanes of at least 4 members (excludes halogenated alkanes) is 1. The second kappa shape index (κ2) is 9.25. The van der Waals surface area contributed by atoms with Crippen molar-refractivity contribution in [3.05, 3.63) is 33.8 Å². The van der Waals surface area contributed by atoms with Gasteiger partial charge in [-0.1, -0.05) is 35.7 Å². The third-order valence-electron chi connectivity index (χ3n) is 4.06. The molecule has 0 radical (unpaired) electrons. The van der Waals surface area contributed by atoms with E-state index in [2.05, 4.69) is 33.1 Å². The van der Waals surface area contributed by atoms with Crippen molar-refractivity contribution in [2.24, 2.45) is 0 Å². The van der Waals surface area contributed by atoms with Gasteiger partial charge in [-0.15, -0.1) is 12.4 Å². The summed E-state index contributed by atoms with van der Waals surface area (Å²) in [4.78, 5) is 2.30. The zero-order valence-corrected chi connectivity index (χ0v) is 15.5. The van der Waals surface area contributed by atoms with Crippen molar-refractivity contribution in [1.82, 2.24) is 10.2 Å². The minimum atomic E-state index is -4.31. The molecule has 2 rings (SSSR count). The number of benzene rings is 1. The topological polar surface area (TPSA) is 15.3 Å². The first-order valence-electron chi connectivity index (χ1n) is 7.74. The molecular weight excluding hydrogens is 393 g/mol. The molecule has 2 nitrogen and oxygen atoms in total. The van der Waals surface area contributed by atoms with E-state index in [0.717, 1.165) is 57.1 Å². The molecular formula is C16H23BrClF3N2. The second-order valence-electron chi connectivity index (χ2n) is 5.71. The Bertz CT molecular complexity index is 491. The molecule has 0 spiro atoms. The van der Waals surface area contributed by atoms with Gasteiger partial charge in [0.1, 0.15) is 0 Å². The van der Waals surface area contributed by atoms with Gasteiger partial charge in [0.05, 0.1) is 5.56 Å². The van der Waals surface area contributed by atoms with E-state index in [9.17, 15) is 13.2 Å². The van der Waals surface area contributed by atoms with Gasteiger partial charge in [-0.3, -0.25) is 4.90 Å². The van der Waals surface area contributed by atoms with Gasteiger partial charge < -0.3 is 5.32 Å². The highest BCUT2D eigenvalue weighted by Gasteiger charge is 2.32. The summed E-state index contributed by atoms with van der Waals surface area (Å²) in [7, 11) is 0. The maximum Gasteiger partial charge on any atom is 0.416 e. The summed E-state index contributed by atoms with van der Waals surface area (Å²) in [5.74, 6) is 0. The Morgan fingerprint density at radius 3 is 2.43 bits per heavy atom. The zero-order valence-electron chi connectivity index (χ0n) is 13.1. The van der Waals surface area contributed by atoms with Crippen LogP contribution < -0.4 is 5.32 Å². The molecule has 1 N–H and O–H groups in total. The zero-order chi connectivity index (χ0) is 16.2. The lowest BCUT2D eigenvalue weighted by molar-refractivity contribution is -0.137. The van der Waals surface area contributed by atoms with Gasteiger partial charge in [0.15, 0.2) is 0 Å². The Balaban J connectivity index is 0.00000264. The van der Waals surface area contributed by atoms with Crippen molar-refractivity contribution in [2.75, 3.05) is 26.2 Å². The molecule has 1 aromatic rings. The van der Waals surface area contributed by atoms with Crippen molar-refractivity contribution in [3.63, 3.8) is 0 Å². The molecule has 1 aromatic carbocycles. The molecule has 7 heteroatoms. The van der Waals surface area contributed by atoms with Crippen LogP contribution in [0.1, 0.15) is 43.4 Å². The predicted molar refractivity (Wildman–Crippen MR) is 93.1 cm³/mol.